The molecule has 2 N–H and O–H groups in total. The fourth-order valence-electron chi connectivity index (χ4n) is 5.39. The molecule has 0 saturated heterocycles. The summed E-state index contributed by atoms with van der Waals surface area (Å²) in [6.07, 6.45) is 12.5. The summed E-state index contributed by atoms with van der Waals surface area (Å²) in [5, 5.41) is 19.7. The fourth-order valence-corrected chi connectivity index (χ4v) is 5.39. The summed E-state index contributed by atoms with van der Waals surface area (Å²) in [5.74, 6) is 0. The van der Waals surface area contributed by atoms with Crippen LogP contribution in [0.1, 0.15) is 54.4 Å². The molecule has 1 aliphatic rings. The Labute approximate surface area is 235 Å². The van der Waals surface area contributed by atoms with Crippen LogP contribution in [0, 0.1) is 6.92 Å². The maximum absolute atomic E-state index is 9.85. The second-order valence-corrected chi connectivity index (χ2v) is 10.8. The average molecular weight is 523 g/mol. The maximum Gasteiger partial charge on any atom is 0.488 e. The van der Waals surface area contributed by atoms with Gasteiger partial charge in [0.1, 0.15) is 0 Å². The Bertz CT molecular complexity index is 1210. The Balaban J connectivity index is 1.28. The molecule has 0 atom stereocenters. The van der Waals surface area contributed by atoms with E-state index < -0.39 is 7.12 Å². The molecule has 204 valence electrons. The molecule has 0 bridgehead atoms. The van der Waals surface area contributed by atoms with E-state index in [4.69, 9.17) is 0 Å². The highest BCUT2D eigenvalue weighted by Gasteiger charge is 2.17. The highest BCUT2D eigenvalue weighted by molar-refractivity contribution is 6.59. The zero-order valence-electron chi connectivity index (χ0n) is 23.4. The van der Waals surface area contributed by atoms with Crippen molar-refractivity contribution >= 4 is 12.6 Å². The van der Waals surface area contributed by atoms with Gasteiger partial charge < -0.3 is 10.0 Å². The third kappa shape index (κ3) is 9.63. The first-order chi connectivity index (χ1) is 19.1. The van der Waals surface area contributed by atoms with Gasteiger partial charge in [-0.2, -0.15) is 0 Å². The van der Waals surface area contributed by atoms with E-state index in [1.54, 1.807) is 6.07 Å². The van der Waals surface area contributed by atoms with Crippen molar-refractivity contribution in [3.05, 3.63) is 125 Å². The smallest absolute Gasteiger partial charge is 0.423 e. The molecule has 3 aromatic rings. The third-order valence-electron chi connectivity index (χ3n) is 7.60. The van der Waals surface area contributed by atoms with Gasteiger partial charge in [0.2, 0.25) is 0 Å². The van der Waals surface area contributed by atoms with Crippen LogP contribution in [-0.2, 0) is 19.6 Å². The van der Waals surface area contributed by atoms with Gasteiger partial charge in [0.15, 0.2) is 0 Å². The minimum atomic E-state index is -1.45. The number of hydrogen-bond acceptors (Lipinski definition) is 4. The molecular formula is C34H43BN2O2. The molecule has 1 aliphatic carbocycles. The van der Waals surface area contributed by atoms with Crippen LogP contribution in [0.5, 0.6) is 0 Å². The lowest BCUT2D eigenvalue weighted by Crippen LogP contribution is -2.36. The SMILES string of the molecule is Cc1ccccc1CN(CCCCCCN(Cc1ccccc1)Cc1ccccc1B(O)O)CC1=CC=CC1. The van der Waals surface area contributed by atoms with Gasteiger partial charge in [0.05, 0.1) is 0 Å². The van der Waals surface area contributed by atoms with Gasteiger partial charge >= 0.3 is 7.12 Å². The Morgan fingerprint density at radius 2 is 1.28 bits per heavy atom. The van der Waals surface area contributed by atoms with E-state index in [-0.39, 0.29) is 0 Å². The van der Waals surface area contributed by atoms with Crippen molar-refractivity contribution in [2.75, 3.05) is 19.6 Å². The number of benzene rings is 3. The number of aryl methyl sites for hydroxylation is 1. The summed E-state index contributed by atoms with van der Waals surface area (Å²) in [6.45, 7) is 7.91. The molecule has 0 aliphatic heterocycles. The summed E-state index contributed by atoms with van der Waals surface area (Å²) in [4.78, 5) is 5.04. The molecular weight excluding hydrogens is 479 g/mol. The lowest BCUT2D eigenvalue weighted by molar-refractivity contribution is 0.246. The van der Waals surface area contributed by atoms with Crippen molar-refractivity contribution in [2.24, 2.45) is 0 Å². The van der Waals surface area contributed by atoms with Crippen LogP contribution in [0.25, 0.3) is 0 Å². The predicted octanol–water partition coefficient (Wildman–Crippen LogP) is 5.63. The normalized spacial score (nSPS) is 12.9. The van der Waals surface area contributed by atoms with Crippen molar-refractivity contribution in [3.63, 3.8) is 0 Å². The fraction of sp³-hybridized carbons (Fsp3) is 0.353. The molecule has 0 saturated carbocycles. The number of rotatable bonds is 16. The standard InChI is InChI=1S/C34H43BN2O2/c1-29-15-7-10-20-32(29)27-36(25-31-18-8-9-19-31)23-13-2-3-14-24-37(26-30-16-5-4-6-17-30)28-33-21-11-12-22-34(33)35(38)39/h4-12,15-18,20-22,38-39H,2-3,13-14,19,23-28H2,1H3. The zero-order valence-corrected chi connectivity index (χ0v) is 23.4. The third-order valence-corrected chi connectivity index (χ3v) is 7.60. The van der Waals surface area contributed by atoms with Crippen LogP contribution in [-0.4, -0.2) is 46.6 Å². The molecule has 5 heteroatoms. The van der Waals surface area contributed by atoms with E-state index in [1.807, 2.05) is 24.3 Å². The highest BCUT2D eigenvalue weighted by Crippen LogP contribution is 2.18. The number of unbranched alkanes of at least 4 members (excludes halogenated alkanes) is 3. The van der Waals surface area contributed by atoms with Crippen molar-refractivity contribution in [1.29, 1.82) is 0 Å². The van der Waals surface area contributed by atoms with E-state index in [1.165, 1.54) is 41.5 Å². The molecule has 4 rings (SSSR count). The van der Waals surface area contributed by atoms with Crippen LogP contribution in [0.2, 0.25) is 0 Å². The zero-order chi connectivity index (χ0) is 27.3. The van der Waals surface area contributed by atoms with Gasteiger partial charge in [-0.1, -0.05) is 116 Å². The lowest BCUT2D eigenvalue weighted by Gasteiger charge is -2.25. The van der Waals surface area contributed by atoms with Crippen LogP contribution in [0.15, 0.2) is 103 Å². The van der Waals surface area contributed by atoms with E-state index in [0.29, 0.717) is 12.0 Å². The molecule has 0 amide bonds. The minimum Gasteiger partial charge on any atom is -0.423 e. The van der Waals surface area contributed by atoms with E-state index in [9.17, 15) is 10.0 Å². The average Bonchev–Trinajstić information content (AvgIpc) is 3.45. The molecule has 4 nitrogen and oxygen atoms in total. The predicted molar refractivity (Wildman–Crippen MR) is 164 cm³/mol. The van der Waals surface area contributed by atoms with Gasteiger partial charge in [0, 0.05) is 26.2 Å². The molecule has 39 heavy (non-hydrogen) atoms. The van der Waals surface area contributed by atoms with Crippen LogP contribution in [0.3, 0.4) is 0 Å². The number of hydrogen-bond donors (Lipinski definition) is 2. The van der Waals surface area contributed by atoms with Crippen LogP contribution < -0.4 is 5.46 Å². The Morgan fingerprint density at radius 1 is 0.667 bits per heavy atom. The Kier molecular flexibility index (Phi) is 11.6. The topological polar surface area (TPSA) is 46.9 Å². The Morgan fingerprint density at radius 3 is 1.95 bits per heavy atom. The van der Waals surface area contributed by atoms with Gasteiger partial charge in [-0.25, -0.2) is 0 Å². The van der Waals surface area contributed by atoms with Crippen molar-refractivity contribution < 1.29 is 10.0 Å². The second-order valence-electron chi connectivity index (χ2n) is 10.8. The first-order valence-electron chi connectivity index (χ1n) is 14.4. The minimum absolute atomic E-state index is 0.594. The second kappa shape index (κ2) is 15.6. The summed E-state index contributed by atoms with van der Waals surface area (Å²) >= 11 is 0. The summed E-state index contributed by atoms with van der Waals surface area (Å²) < 4.78 is 0. The summed E-state index contributed by atoms with van der Waals surface area (Å²) in [7, 11) is -1.45. The van der Waals surface area contributed by atoms with Crippen molar-refractivity contribution in [2.45, 2.75) is 58.7 Å². The van der Waals surface area contributed by atoms with Crippen molar-refractivity contribution in [3.8, 4) is 0 Å². The van der Waals surface area contributed by atoms with E-state index in [0.717, 1.165) is 51.1 Å². The van der Waals surface area contributed by atoms with Crippen LogP contribution in [0.4, 0.5) is 0 Å². The number of allylic oxidation sites excluding steroid dienone is 3. The summed E-state index contributed by atoms with van der Waals surface area (Å²) in [6, 6.07) is 26.9. The van der Waals surface area contributed by atoms with Gasteiger partial charge in [-0.3, -0.25) is 9.80 Å². The first kappa shape index (κ1) is 29.0. The Hall–Kier alpha value is -2.96. The lowest BCUT2D eigenvalue weighted by atomic mass is 9.77. The molecule has 0 unspecified atom stereocenters. The largest absolute Gasteiger partial charge is 0.488 e. The van der Waals surface area contributed by atoms with Gasteiger partial charge in [-0.05, 0) is 67.0 Å². The monoisotopic (exact) mass is 522 g/mol. The molecule has 0 heterocycles. The highest BCUT2D eigenvalue weighted by atomic mass is 16.4. The van der Waals surface area contributed by atoms with Crippen LogP contribution >= 0.6 is 0 Å². The van der Waals surface area contributed by atoms with E-state index >= 15 is 0 Å². The quantitative estimate of drug-likeness (QED) is 0.189. The molecule has 0 aromatic heterocycles. The number of nitrogens with zero attached hydrogens (tertiary/aromatic N) is 2. The molecule has 0 radical (unpaired) electrons. The van der Waals surface area contributed by atoms with Gasteiger partial charge in [0.25, 0.3) is 0 Å². The van der Waals surface area contributed by atoms with Crippen molar-refractivity contribution in [1.82, 2.24) is 9.80 Å². The maximum atomic E-state index is 9.85. The molecule has 3 aromatic carbocycles. The molecule has 0 fully saturated rings. The molecule has 0 spiro atoms. The summed E-state index contributed by atoms with van der Waals surface area (Å²) in [5.41, 5.74) is 7.15. The van der Waals surface area contributed by atoms with Gasteiger partial charge in [-0.15, -0.1) is 0 Å². The first-order valence-corrected chi connectivity index (χ1v) is 14.4. The van der Waals surface area contributed by atoms with E-state index in [2.05, 4.69) is 83.5 Å².